The summed E-state index contributed by atoms with van der Waals surface area (Å²) < 4.78 is 4.74. The lowest BCUT2D eigenvalue weighted by molar-refractivity contribution is -0.119. The number of anilines is 1. The fourth-order valence-corrected chi connectivity index (χ4v) is 1.85. The Labute approximate surface area is 135 Å². The molecule has 0 atom stereocenters. The number of hydrogen-bond acceptors (Lipinski definition) is 6. The molecular formula is C15H13N3O6. The van der Waals surface area contributed by atoms with Crippen LogP contribution in [0.5, 0.6) is 5.88 Å². The van der Waals surface area contributed by atoms with Crippen LogP contribution in [0, 0.1) is 0 Å². The molecule has 1 aromatic heterocycles. The second kappa shape index (κ2) is 7.09. The highest BCUT2D eigenvalue weighted by atomic mass is 16.5. The lowest BCUT2D eigenvalue weighted by Crippen LogP contribution is -2.23. The van der Waals surface area contributed by atoms with Crippen molar-refractivity contribution in [3.05, 3.63) is 57.9 Å². The Hall–Kier alpha value is -3.62. The molecule has 0 saturated heterocycles. The summed E-state index contributed by atoms with van der Waals surface area (Å²) in [5, 5.41) is 11.6. The zero-order valence-corrected chi connectivity index (χ0v) is 12.2. The molecule has 0 bridgehead atoms. The van der Waals surface area contributed by atoms with Crippen LogP contribution in [0.3, 0.4) is 0 Å². The van der Waals surface area contributed by atoms with E-state index >= 15 is 0 Å². The molecule has 24 heavy (non-hydrogen) atoms. The Morgan fingerprint density at radius 2 is 1.92 bits per heavy atom. The van der Waals surface area contributed by atoms with Crippen molar-refractivity contribution in [2.45, 2.75) is 0 Å². The normalized spacial score (nSPS) is 10.0. The van der Waals surface area contributed by atoms with Crippen LogP contribution in [-0.2, 0) is 9.53 Å². The largest absolute Gasteiger partial charge is 0.494 e. The number of primary amides is 1. The van der Waals surface area contributed by atoms with E-state index in [2.05, 4.69) is 5.32 Å². The predicted octanol–water partition coefficient (Wildman–Crippen LogP) is -0.0251. The van der Waals surface area contributed by atoms with E-state index in [0.29, 0.717) is 0 Å². The summed E-state index contributed by atoms with van der Waals surface area (Å²) in [6, 6.07) is 7.98. The third kappa shape index (κ3) is 4.19. The Balaban J connectivity index is 2.00. The molecule has 0 unspecified atom stereocenters. The van der Waals surface area contributed by atoms with Gasteiger partial charge in [0.1, 0.15) is 0 Å². The Morgan fingerprint density at radius 1 is 1.21 bits per heavy atom. The molecule has 2 amide bonds. The summed E-state index contributed by atoms with van der Waals surface area (Å²) in [4.78, 5) is 48.0. The van der Waals surface area contributed by atoms with Gasteiger partial charge in [0.15, 0.2) is 12.5 Å². The second-order valence-corrected chi connectivity index (χ2v) is 4.65. The van der Waals surface area contributed by atoms with Gasteiger partial charge in [-0.2, -0.15) is 0 Å². The smallest absolute Gasteiger partial charge is 0.339 e. The first kappa shape index (κ1) is 16.7. The van der Waals surface area contributed by atoms with Crippen molar-refractivity contribution in [3.8, 4) is 5.88 Å². The second-order valence-electron chi connectivity index (χ2n) is 4.65. The van der Waals surface area contributed by atoms with Crippen LogP contribution in [0.4, 0.5) is 5.69 Å². The molecule has 0 aliphatic heterocycles. The SMILES string of the molecule is NC(=O)c1ccccc1NC(=O)COC(=O)c1cc(O)[nH]c(=O)c1. The fraction of sp³-hybridized carbons (Fsp3) is 0.0667. The summed E-state index contributed by atoms with van der Waals surface area (Å²) in [7, 11) is 0. The molecule has 0 aliphatic rings. The van der Waals surface area contributed by atoms with Crippen LogP contribution in [0.15, 0.2) is 41.2 Å². The van der Waals surface area contributed by atoms with E-state index in [9.17, 15) is 24.3 Å². The van der Waals surface area contributed by atoms with Gasteiger partial charge in [-0.05, 0) is 12.1 Å². The molecule has 0 saturated carbocycles. The number of ether oxygens (including phenoxy) is 1. The fourth-order valence-electron chi connectivity index (χ4n) is 1.85. The summed E-state index contributed by atoms with van der Waals surface area (Å²) in [6.45, 7) is -0.653. The van der Waals surface area contributed by atoms with E-state index in [4.69, 9.17) is 10.5 Å². The Bertz CT molecular complexity index is 858. The zero-order chi connectivity index (χ0) is 17.7. The number of aromatic hydroxyl groups is 1. The molecule has 2 rings (SSSR count). The zero-order valence-electron chi connectivity index (χ0n) is 12.2. The summed E-state index contributed by atoms with van der Waals surface area (Å²) in [5.41, 5.74) is 4.57. The van der Waals surface area contributed by atoms with Crippen LogP contribution in [0.2, 0.25) is 0 Å². The number of aromatic nitrogens is 1. The van der Waals surface area contributed by atoms with Gasteiger partial charge in [0, 0.05) is 12.1 Å². The molecule has 0 aliphatic carbocycles. The molecule has 9 nitrogen and oxygen atoms in total. The van der Waals surface area contributed by atoms with Crippen molar-refractivity contribution in [2.75, 3.05) is 11.9 Å². The maximum Gasteiger partial charge on any atom is 0.339 e. The van der Waals surface area contributed by atoms with Crippen molar-refractivity contribution in [1.82, 2.24) is 4.98 Å². The molecule has 9 heteroatoms. The minimum Gasteiger partial charge on any atom is -0.494 e. The van der Waals surface area contributed by atoms with Gasteiger partial charge in [0.25, 0.3) is 17.4 Å². The highest BCUT2D eigenvalue weighted by molar-refractivity contribution is 6.03. The minimum absolute atomic E-state index is 0.108. The maximum atomic E-state index is 11.8. The van der Waals surface area contributed by atoms with E-state index in [1.54, 1.807) is 12.1 Å². The van der Waals surface area contributed by atoms with E-state index in [1.165, 1.54) is 12.1 Å². The van der Waals surface area contributed by atoms with Crippen LogP contribution < -0.4 is 16.6 Å². The number of hydrogen-bond donors (Lipinski definition) is 4. The van der Waals surface area contributed by atoms with E-state index in [1.807, 2.05) is 4.98 Å². The number of carbonyl (C=O) groups is 3. The number of rotatable bonds is 5. The van der Waals surface area contributed by atoms with Gasteiger partial charge in [-0.15, -0.1) is 0 Å². The van der Waals surface area contributed by atoms with Crippen molar-refractivity contribution in [2.24, 2.45) is 5.73 Å². The molecule has 124 valence electrons. The number of esters is 1. The molecule has 1 aromatic carbocycles. The quantitative estimate of drug-likeness (QED) is 0.565. The van der Waals surface area contributed by atoms with Crippen LogP contribution in [-0.4, -0.2) is 34.5 Å². The summed E-state index contributed by atoms with van der Waals surface area (Å²) in [6.07, 6.45) is 0. The number of benzene rings is 1. The van der Waals surface area contributed by atoms with Crippen molar-refractivity contribution >= 4 is 23.5 Å². The standard InChI is InChI=1S/C15H13N3O6/c16-14(22)9-3-1-2-4-10(9)17-13(21)7-24-15(23)8-5-11(19)18-12(20)6-8/h1-6H,7H2,(H2,16,22)(H,17,21)(H2,18,19,20). The maximum absolute atomic E-state index is 11.8. The lowest BCUT2D eigenvalue weighted by atomic mass is 10.1. The molecule has 5 N–H and O–H groups in total. The molecular weight excluding hydrogens is 318 g/mol. The number of H-pyrrole nitrogens is 1. The van der Waals surface area contributed by atoms with E-state index in [-0.39, 0.29) is 16.8 Å². The minimum atomic E-state index is -0.963. The van der Waals surface area contributed by atoms with Crippen molar-refractivity contribution in [1.29, 1.82) is 0 Å². The Morgan fingerprint density at radius 3 is 2.58 bits per heavy atom. The van der Waals surface area contributed by atoms with Gasteiger partial charge >= 0.3 is 5.97 Å². The third-order valence-electron chi connectivity index (χ3n) is 2.87. The van der Waals surface area contributed by atoms with Crippen LogP contribution >= 0.6 is 0 Å². The van der Waals surface area contributed by atoms with E-state index < -0.39 is 35.8 Å². The number of carbonyl (C=O) groups excluding carboxylic acids is 3. The van der Waals surface area contributed by atoms with Gasteiger partial charge in [0.2, 0.25) is 0 Å². The van der Waals surface area contributed by atoms with Crippen LogP contribution in [0.25, 0.3) is 0 Å². The van der Waals surface area contributed by atoms with Gasteiger partial charge in [-0.3, -0.25) is 19.4 Å². The van der Waals surface area contributed by atoms with Gasteiger partial charge in [-0.1, -0.05) is 12.1 Å². The van der Waals surface area contributed by atoms with Gasteiger partial charge < -0.3 is 20.9 Å². The number of nitrogens with two attached hydrogens (primary N) is 1. The first-order valence-electron chi connectivity index (χ1n) is 6.66. The molecule has 0 fully saturated rings. The molecule has 2 aromatic rings. The number of aromatic amines is 1. The number of amides is 2. The average molecular weight is 331 g/mol. The summed E-state index contributed by atoms with van der Waals surface area (Å²) >= 11 is 0. The number of nitrogens with one attached hydrogen (secondary N) is 2. The van der Waals surface area contributed by atoms with E-state index in [0.717, 1.165) is 12.1 Å². The first-order valence-corrected chi connectivity index (χ1v) is 6.66. The molecule has 0 spiro atoms. The first-order chi connectivity index (χ1) is 11.4. The highest BCUT2D eigenvalue weighted by Gasteiger charge is 2.14. The molecule has 0 radical (unpaired) electrons. The predicted molar refractivity (Wildman–Crippen MR) is 82.6 cm³/mol. The van der Waals surface area contributed by atoms with Gasteiger partial charge in [-0.25, -0.2) is 4.79 Å². The van der Waals surface area contributed by atoms with Crippen LogP contribution in [0.1, 0.15) is 20.7 Å². The topological polar surface area (TPSA) is 152 Å². The number of para-hydroxylation sites is 1. The summed E-state index contributed by atoms with van der Waals surface area (Å²) in [5.74, 6) is -2.89. The average Bonchev–Trinajstić information content (AvgIpc) is 2.52. The highest BCUT2D eigenvalue weighted by Crippen LogP contribution is 2.14. The third-order valence-corrected chi connectivity index (χ3v) is 2.87. The monoisotopic (exact) mass is 331 g/mol. The van der Waals surface area contributed by atoms with Crippen molar-refractivity contribution < 1.29 is 24.2 Å². The van der Waals surface area contributed by atoms with Crippen molar-refractivity contribution in [3.63, 3.8) is 0 Å². The Kier molecular flexibility index (Phi) is 4.95. The number of pyridine rings is 1. The van der Waals surface area contributed by atoms with Gasteiger partial charge in [0.05, 0.1) is 16.8 Å². The molecule has 1 heterocycles. The lowest BCUT2D eigenvalue weighted by Gasteiger charge is -2.09.